The molecule has 5 nitrogen and oxygen atoms in total. The Balaban J connectivity index is 1.41. The SMILES string of the molecule is CCNC(=O)NC1CCC(CN(C)C2CCN(c3cccc(Cl)c3Cl)CC2)CC1. The Morgan fingerprint density at radius 2 is 1.83 bits per heavy atom. The third-order valence-corrected chi connectivity index (χ3v) is 7.23. The average molecular weight is 441 g/mol. The molecule has 29 heavy (non-hydrogen) atoms. The summed E-state index contributed by atoms with van der Waals surface area (Å²) in [6.45, 7) is 5.79. The van der Waals surface area contributed by atoms with Gasteiger partial charge in [0, 0.05) is 38.3 Å². The molecule has 1 aliphatic heterocycles. The lowest BCUT2D eigenvalue weighted by atomic mass is 9.85. The molecule has 0 unspecified atom stereocenters. The number of rotatable bonds is 6. The molecular formula is C22H34Cl2N4O. The van der Waals surface area contributed by atoms with Crippen LogP contribution in [0.25, 0.3) is 0 Å². The van der Waals surface area contributed by atoms with Crippen molar-refractivity contribution in [3.63, 3.8) is 0 Å². The molecule has 3 rings (SSSR count). The molecule has 0 radical (unpaired) electrons. The van der Waals surface area contributed by atoms with E-state index in [4.69, 9.17) is 23.2 Å². The molecule has 1 aromatic carbocycles. The van der Waals surface area contributed by atoms with Crippen molar-refractivity contribution in [2.24, 2.45) is 5.92 Å². The summed E-state index contributed by atoms with van der Waals surface area (Å²) in [7, 11) is 2.27. The third-order valence-electron chi connectivity index (χ3n) is 6.43. The number of nitrogens with one attached hydrogen (secondary N) is 2. The van der Waals surface area contributed by atoms with Crippen LogP contribution >= 0.6 is 23.2 Å². The molecular weight excluding hydrogens is 407 g/mol. The monoisotopic (exact) mass is 440 g/mol. The second kappa shape index (κ2) is 10.7. The molecule has 7 heteroatoms. The number of hydrogen-bond acceptors (Lipinski definition) is 3. The third kappa shape index (κ3) is 6.16. The number of hydrogen-bond donors (Lipinski definition) is 2. The standard InChI is InChI=1S/C22H34Cl2N4O/c1-3-25-22(29)26-17-9-7-16(8-10-17)15-27(2)18-11-13-28(14-12-18)20-6-4-5-19(23)21(20)24/h4-6,16-18H,3,7-15H2,1-2H3,(H2,25,26,29). The van der Waals surface area contributed by atoms with Crippen LogP contribution < -0.4 is 15.5 Å². The van der Waals surface area contributed by atoms with Crippen LogP contribution in [0.2, 0.25) is 10.0 Å². The first-order valence-corrected chi connectivity index (χ1v) is 11.7. The van der Waals surface area contributed by atoms with Crippen molar-refractivity contribution in [2.45, 2.75) is 57.5 Å². The Kier molecular flexibility index (Phi) is 8.34. The van der Waals surface area contributed by atoms with Gasteiger partial charge in [0.2, 0.25) is 0 Å². The van der Waals surface area contributed by atoms with Crippen LogP contribution in [-0.4, -0.2) is 56.2 Å². The molecule has 0 atom stereocenters. The van der Waals surface area contributed by atoms with Crippen LogP contribution in [0.5, 0.6) is 0 Å². The van der Waals surface area contributed by atoms with Gasteiger partial charge in [-0.2, -0.15) is 0 Å². The molecule has 0 spiro atoms. The van der Waals surface area contributed by atoms with Gasteiger partial charge in [-0.05, 0) is 70.5 Å². The molecule has 2 amide bonds. The van der Waals surface area contributed by atoms with Crippen molar-refractivity contribution in [1.29, 1.82) is 0 Å². The van der Waals surface area contributed by atoms with Gasteiger partial charge in [-0.25, -0.2) is 4.79 Å². The van der Waals surface area contributed by atoms with E-state index in [0.717, 1.165) is 56.9 Å². The summed E-state index contributed by atoms with van der Waals surface area (Å²) in [6.07, 6.45) is 6.85. The van der Waals surface area contributed by atoms with E-state index in [2.05, 4.69) is 33.5 Å². The van der Waals surface area contributed by atoms with Crippen LogP contribution in [0, 0.1) is 5.92 Å². The van der Waals surface area contributed by atoms with Crippen molar-refractivity contribution in [3.8, 4) is 0 Å². The maximum atomic E-state index is 11.7. The van der Waals surface area contributed by atoms with Gasteiger partial charge < -0.3 is 20.4 Å². The van der Waals surface area contributed by atoms with Gasteiger partial charge in [0.1, 0.15) is 0 Å². The lowest BCUT2D eigenvalue weighted by Crippen LogP contribution is -2.46. The van der Waals surface area contributed by atoms with Crippen LogP contribution in [0.15, 0.2) is 18.2 Å². The molecule has 1 saturated carbocycles. The van der Waals surface area contributed by atoms with E-state index in [1.807, 2.05) is 19.1 Å². The lowest BCUT2D eigenvalue weighted by Gasteiger charge is -2.40. The Morgan fingerprint density at radius 3 is 2.48 bits per heavy atom. The summed E-state index contributed by atoms with van der Waals surface area (Å²) in [5.41, 5.74) is 1.05. The number of benzene rings is 1. The van der Waals surface area contributed by atoms with Gasteiger partial charge in [-0.15, -0.1) is 0 Å². The average Bonchev–Trinajstić information content (AvgIpc) is 2.72. The number of halogens is 2. The highest BCUT2D eigenvalue weighted by Crippen LogP contribution is 2.34. The minimum atomic E-state index is -0.0281. The summed E-state index contributed by atoms with van der Waals surface area (Å²) in [5.74, 6) is 0.729. The number of piperidine rings is 1. The topological polar surface area (TPSA) is 47.6 Å². The van der Waals surface area contributed by atoms with Gasteiger partial charge in [0.15, 0.2) is 0 Å². The summed E-state index contributed by atoms with van der Waals surface area (Å²) in [4.78, 5) is 16.6. The van der Waals surface area contributed by atoms with Gasteiger partial charge in [0.25, 0.3) is 0 Å². The first-order chi connectivity index (χ1) is 14.0. The molecule has 0 bridgehead atoms. The Hall–Kier alpha value is -1.17. The fraction of sp³-hybridized carbons (Fsp3) is 0.682. The van der Waals surface area contributed by atoms with Crippen LogP contribution in [0.1, 0.15) is 45.4 Å². The van der Waals surface area contributed by atoms with Gasteiger partial charge in [-0.3, -0.25) is 0 Å². The van der Waals surface area contributed by atoms with Crippen LogP contribution in [0.4, 0.5) is 10.5 Å². The smallest absolute Gasteiger partial charge is 0.314 e. The maximum absolute atomic E-state index is 11.7. The number of urea groups is 1. The van der Waals surface area contributed by atoms with Crippen molar-refractivity contribution in [1.82, 2.24) is 15.5 Å². The van der Waals surface area contributed by atoms with Gasteiger partial charge in [-0.1, -0.05) is 29.3 Å². The molecule has 1 aliphatic carbocycles. The van der Waals surface area contributed by atoms with E-state index in [-0.39, 0.29) is 6.03 Å². The quantitative estimate of drug-likeness (QED) is 0.669. The highest BCUT2D eigenvalue weighted by Gasteiger charge is 2.28. The van der Waals surface area contributed by atoms with E-state index in [1.54, 1.807) is 0 Å². The number of anilines is 1. The van der Waals surface area contributed by atoms with Crippen molar-refractivity contribution in [3.05, 3.63) is 28.2 Å². The largest absolute Gasteiger partial charge is 0.370 e. The van der Waals surface area contributed by atoms with E-state index in [0.29, 0.717) is 28.7 Å². The lowest BCUT2D eigenvalue weighted by molar-refractivity contribution is 0.153. The first kappa shape index (κ1) is 22.5. The second-order valence-corrected chi connectivity index (χ2v) is 9.24. The zero-order valence-electron chi connectivity index (χ0n) is 17.6. The van der Waals surface area contributed by atoms with E-state index >= 15 is 0 Å². The van der Waals surface area contributed by atoms with Gasteiger partial charge in [0.05, 0.1) is 15.7 Å². The van der Waals surface area contributed by atoms with E-state index < -0.39 is 0 Å². The van der Waals surface area contributed by atoms with Crippen LogP contribution in [0.3, 0.4) is 0 Å². The molecule has 1 saturated heterocycles. The maximum Gasteiger partial charge on any atom is 0.314 e. The number of carbonyl (C=O) groups excluding carboxylic acids is 1. The highest BCUT2D eigenvalue weighted by atomic mass is 35.5. The number of amides is 2. The minimum Gasteiger partial charge on any atom is -0.370 e. The Labute approximate surface area is 185 Å². The fourth-order valence-corrected chi connectivity index (χ4v) is 5.14. The highest BCUT2D eigenvalue weighted by molar-refractivity contribution is 6.43. The second-order valence-electron chi connectivity index (χ2n) is 8.45. The van der Waals surface area contributed by atoms with E-state index in [9.17, 15) is 4.79 Å². The summed E-state index contributed by atoms with van der Waals surface area (Å²) in [5, 5.41) is 7.21. The zero-order valence-corrected chi connectivity index (χ0v) is 19.1. The summed E-state index contributed by atoms with van der Waals surface area (Å²) >= 11 is 12.6. The first-order valence-electron chi connectivity index (χ1n) is 10.9. The number of nitrogens with zero attached hydrogens (tertiary/aromatic N) is 2. The summed E-state index contributed by atoms with van der Waals surface area (Å²) < 4.78 is 0. The Morgan fingerprint density at radius 1 is 1.14 bits per heavy atom. The zero-order chi connectivity index (χ0) is 20.8. The van der Waals surface area contributed by atoms with Crippen LogP contribution in [-0.2, 0) is 0 Å². The normalized spacial score (nSPS) is 23.3. The summed E-state index contributed by atoms with van der Waals surface area (Å²) in [6, 6.07) is 6.79. The molecule has 2 aliphatic rings. The molecule has 1 aromatic rings. The predicted octanol–water partition coefficient (Wildman–Crippen LogP) is 4.77. The predicted molar refractivity (Wildman–Crippen MR) is 122 cm³/mol. The van der Waals surface area contributed by atoms with Crippen molar-refractivity contribution in [2.75, 3.05) is 38.1 Å². The Bertz CT molecular complexity index is 671. The fourth-order valence-electron chi connectivity index (χ4n) is 4.73. The molecule has 0 aromatic heterocycles. The molecule has 162 valence electrons. The molecule has 1 heterocycles. The molecule has 2 fully saturated rings. The van der Waals surface area contributed by atoms with Gasteiger partial charge >= 0.3 is 6.03 Å². The van der Waals surface area contributed by atoms with E-state index in [1.165, 1.54) is 12.8 Å². The minimum absolute atomic E-state index is 0.0281. The van der Waals surface area contributed by atoms with Crippen molar-refractivity contribution >= 4 is 34.9 Å². The number of carbonyl (C=O) groups is 1. The van der Waals surface area contributed by atoms with Crippen molar-refractivity contribution < 1.29 is 4.79 Å². The molecule has 2 N–H and O–H groups in total.